The van der Waals surface area contributed by atoms with Gasteiger partial charge in [0, 0.05) is 11.6 Å². The van der Waals surface area contributed by atoms with E-state index in [1.807, 2.05) is 0 Å². The summed E-state index contributed by atoms with van der Waals surface area (Å²) in [5.74, 6) is 0. The van der Waals surface area contributed by atoms with E-state index in [-0.39, 0.29) is 0 Å². The first-order chi connectivity index (χ1) is 5.43. The number of rotatable bonds is 1. The summed E-state index contributed by atoms with van der Waals surface area (Å²) in [5.41, 5.74) is 0.594. The molecule has 0 saturated carbocycles. The SMILES string of the molecule is CC(Cl)(Cl)c1cc[c]c(Cl)c1Cl. The van der Waals surface area contributed by atoms with Gasteiger partial charge in [-0.1, -0.05) is 58.5 Å². The Labute approximate surface area is 91.4 Å². The van der Waals surface area contributed by atoms with E-state index in [2.05, 4.69) is 6.07 Å². The van der Waals surface area contributed by atoms with Crippen molar-refractivity contribution < 1.29 is 0 Å². The van der Waals surface area contributed by atoms with E-state index >= 15 is 0 Å². The van der Waals surface area contributed by atoms with Crippen LogP contribution in [0.15, 0.2) is 12.1 Å². The molecule has 1 aromatic rings. The Balaban J connectivity index is 3.26. The highest BCUT2D eigenvalue weighted by molar-refractivity contribution is 6.50. The number of alkyl halides is 2. The van der Waals surface area contributed by atoms with Gasteiger partial charge in [0.05, 0.1) is 10.0 Å². The maximum absolute atomic E-state index is 5.85. The highest BCUT2D eigenvalue weighted by Gasteiger charge is 2.23. The quantitative estimate of drug-likeness (QED) is 0.639. The predicted octanol–water partition coefficient (Wildman–Crippen LogP) is 4.44. The molecular formula is C8H5Cl4. The zero-order valence-corrected chi connectivity index (χ0v) is 9.19. The Bertz CT molecular complexity index is 288. The summed E-state index contributed by atoms with van der Waals surface area (Å²) in [5, 5.41) is 0.688. The van der Waals surface area contributed by atoms with Crippen LogP contribution in [0.4, 0.5) is 0 Å². The van der Waals surface area contributed by atoms with Gasteiger partial charge in [-0.3, -0.25) is 0 Å². The number of hydrogen-bond acceptors (Lipinski definition) is 0. The first kappa shape index (κ1) is 10.5. The van der Waals surface area contributed by atoms with Crippen LogP contribution in [0.5, 0.6) is 0 Å². The van der Waals surface area contributed by atoms with Crippen molar-refractivity contribution in [3.63, 3.8) is 0 Å². The summed E-state index contributed by atoms with van der Waals surface area (Å²) < 4.78 is -1.02. The van der Waals surface area contributed by atoms with Crippen LogP contribution in [0.25, 0.3) is 0 Å². The topological polar surface area (TPSA) is 0 Å². The van der Waals surface area contributed by atoms with Crippen molar-refractivity contribution >= 4 is 46.4 Å². The highest BCUT2D eigenvalue weighted by Crippen LogP contribution is 2.39. The lowest BCUT2D eigenvalue weighted by atomic mass is 10.1. The van der Waals surface area contributed by atoms with Crippen LogP contribution in [0.3, 0.4) is 0 Å². The van der Waals surface area contributed by atoms with Gasteiger partial charge >= 0.3 is 0 Å². The van der Waals surface area contributed by atoms with Crippen LogP contribution in [-0.2, 0) is 4.33 Å². The fourth-order valence-corrected chi connectivity index (χ4v) is 1.67. The molecule has 0 bridgehead atoms. The van der Waals surface area contributed by atoms with Gasteiger partial charge in [-0.15, -0.1) is 0 Å². The second-order valence-electron chi connectivity index (χ2n) is 2.41. The van der Waals surface area contributed by atoms with E-state index in [1.165, 1.54) is 0 Å². The van der Waals surface area contributed by atoms with Crippen molar-refractivity contribution in [2.24, 2.45) is 0 Å². The summed E-state index contributed by atoms with van der Waals surface area (Å²) in [6, 6.07) is 6.05. The maximum Gasteiger partial charge on any atom is 0.141 e. The van der Waals surface area contributed by atoms with Crippen molar-refractivity contribution in [3.8, 4) is 0 Å². The minimum atomic E-state index is -1.02. The number of benzene rings is 1. The van der Waals surface area contributed by atoms with Gasteiger partial charge in [-0.2, -0.15) is 0 Å². The van der Waals surface area contributed by atoms with Gasteiger partial charge in [0.25, 0.3) is 0 Å². The lowest BCUT2D eigenvalue weighted by Crippen LogP contribution is -2.04. The molecule has 0 heterocycles. The molecule has 1 aromatic carbocycles. The van der Waals surface area contributed by atoms with Crippen LogP contribution in [-0.4, -0.2) is 0 Å². The standard InChI is InChI=1S/C8H5Cl4/c1-8(11,12)5-3-2-4-6(9)7(5)10/h2-3H,1H3. The summed E-state index contributed by atoms with van der Waals surface area (Å²) in [6.45, 7) is 1.63. The Morgan fingerprint density at radius 2 is 1.92 bits per heavy atom. The van der Waals surface area contributed by atoms with Crippen LogP contribution in [0, 0.1) is 6.07 Å². The molecule has 0 saturated heterocycles. The molecule has 0 aliphatic carbocycles. The summed E-state index contributed by atoms with van der Waals surface area (Å²) >= 11 is 23.2. The number of halogens is 4. The molecule has 12 heavy (non-hydrogen) atoms. The molecule has 0 fully saturated rings. The van der Waals surface area contributed by atoms with Crippen molar-refractivity contribution in [3.05, 3.63) is 33.8 Å². The molecule has 0 aromatic heterocycles. The minimum absolute atomic E-state index is 0.335. The first-order valence-electron chi connectivity index (χ1n) is 3.17. The molecule has 0 amide bonds. The molecule has 0 nitrogen and oxygen atoms in total. The third-order valence-corrected chi connectivity index (χ3v) is 2.56. The van der Waals surface area contributed by atoms with Crippen LogP contribution in [0.2, 0.25) is 10.0 Å². The van der Waals surface area contributed by atoms with Gasteiger partial charge < -0.3 is 0 Å². The largest absolute Gasteiger partial charge is 0.141 e. The maximum atomic E-state index is 5.85. The van der Waals surface area contributed by atoms with Gasteiger partial charge in [0.15, 0.2) is 0 Å². The molecule has 1 rings (SSSR count). The average molecular weight is 243 g/mol. The van der Waals surface area contributed by atoms with E-state index < -0.39 is 4.33 Å². The van der Waals surface area contributed by atoms with Crippen molar-refractivity contribution in [1.82, 2.24) is 0 Å². The fraction of sp³-hybridized carbons (Fsp3) is 0.250. The van der Waals surface area contributed by atoms with Gasteiger partial charge in [-0.25, -0.2) is 0 Å². The molecule has 0 aliphatic rings. The van der Waals surface area contributed by atoms with Crippen molar-refractivity contribution in [2.75, 3.05) is 0 Å². The molecule has 0 spiro atoms. The third kappa shape index (κ3) is 2.20. The normalized spacial score (nSPS) is 11.8. The van der Waals surface area contributed by atoms with Crippen molar-refractivity contribution in [2.45, 2.75) is 11.3 Å². The first-order valence-corrected chi connectivity index (χ1v) is 4.68. The Morgan fingerprint density at radius 3 is 2.33 bits per heavy atom. The van der Waals surface area contributed by atoms with Gasteiger partial charge in [-0.05, 0) is 6.92 Å². The third-order valence-electron chi connectivity index (χ3n) is 1.36. The number of hydrogen-bond donors (Lipinski definition) is 0. The molecule has 1 radical (unpaired) electrons. The molecule has 0 N–H and O–H groups in total. The van der Waals surface area contributed by atoms with Crippen molar-refractivity contribution in [1.29, 1.82) is 0 Å². The second kappa shape index (κ2) is 3.63. The smallest absolute Gasteiger partial charge is 0.0966 e. The van der Waals surface area contributed by atoms with Gasteiger partial charge in [0.2, 0.25) is 0 Å². The van der Waals surface area contributed by atoms with Gasteiger partial charge in [0.1, 0.15) is 4.33 Å². The Morgan fingerprint density at radius 1 is 1.33 bits per heavy atom. The molecule has 0 atom stereocenters. The Kier molecular flexibility index (Phi) is 3.16. The van der Waals surface area contributed by atoms with Crippen LogP contribution < -0.4 is 0 Å². The zero-order valence-electron chi connectivity index (χ0n) is 6.17. The van der Waals surface area contributed by atoms with Crippen LogP contribution >= 0.6 is 46.4 Å². The fourth-order valence-electron chi connectivity index (χ4n) is 0.792. The van der Waals surface area contributed by atoms with Crippen LogP contribution in [0.1, 0.15) is 12.5 Å². The van der Waals surface area contributed by atoms with E-state index in [1.54, 1.807) is 19.1 Å². The predicted molar refractivity (Wildman–Crippen MR) is 54.4 cm³/mol. The average Bonchev–Trinajstić information content (AvgIpc) is 1.92. The van der Waals surface area contributed by atoms with E-state index in [4.69, 9.17) is 46.4 Å². The monoisotopic (exact) mass is 241 g/mol. The summed E-state index contributed by atoms with van der Waals surface area (Å²) in [6.07, 6.45) is 0. The lowest BCUT2D eigenvalue weighted by molar-refractivity contribution is 0.977. The zero-order chi connectivity index (χ0) is 9.35. The lowest BCUT2D eigenvalue weighted by Gasteiger charge is -2.15. The second-order valence-corrected chi connectivity index (χ2v) is 4.87. The molecule has 0 aliphatic heterocycles. The highest BCUT2D eigenvalue weighted by atomic mass is 35.5. The molecule has 65 valence electrons. The van der Waals surface area contributed by atoms with E-state index in [9.17, 15) is 0 Å². The summed E-state index contributed by atoms with van der Waals surface area (Å²) in [7, 11) is 0. The minimum Gasteiger partial charge on any atom is -0.0966 e. The van der Waals surface area contributed by atoms with E-state index in [0.717, 1.165) is 0 Å². The summed E-state index contributed by atoms with van der Waals surface area (Å²) in [4.78, 5) is 0. The van der Waals surface area contributed by atoms with E-state index in [0.29, 0.717) is 15.6 Å². The Hall–Kier alpha value is 0.380. The molecular weight excluding hydrogens is 238 g/mol. The molecule has 4 heteroatoms. The molecule has 0 unspecified atom stereocenters.